The lowest BCUT2D eigenvalue weighted by molar-refractivity contribution is 0.247. The normalized spacial score (nSPS) is 16.4. The number of benzene rings is 2. The van der Waals surface area contributed by atoms with Crippen LogP contribution in [0.15, 0.2) is 54.7 Å². The molecule has 3 N–H and O–H groups in total. The second kappa shape index (κ2) is 10.0. The monoisotopic (exact) mass is 550 g/mol. The molecule has 2 aliphatic rings. The van der Waals surface area contributed by atoms with E-state index in [4.69, 9.17) is 0 Å². The van der Waals surface area contributed by atoms with Gasteiger partial charge in [-0.3, -0.25) is 9.21 Å². The van der Waals surface area contributed by atoms with Gasteiger partial charge in [0.2, 0.25) is 16.0 Å². The van der Waals surface area contributed by atoms with Crippen LogP contribution in [0.1, 0.15) is 12.8 Å². The standard InChI is InChI=1S/C27H31FN8O2S/c1-34(39(2,37)38)24-6-4-3-5-22(24)31-26-20-11-12-29-25(20)32-27(33-26)30-18-7-10-23(21(28)17-18)36-15-13-35(14-16-36)19-8-9-19/h3-7,10-12,17,19H,8-9,13-16H2,1-2H3,(H3,29,30,31,32,33). The summed E-state index contributed by atoms with van der Waals surface area (Å²) in [5.41, 5.74) is 2.75. The second-order valence-corrected chi connectivity index (χ2v) is 12.1. The van der Waals surface area contributed by atoms with E-state index in [2.05, 4.69) is 35.4 Å². The van der Waals surface area contributed by atoms with E-state index in [0.717, 1.165) is 43.9 Å². The highest BCUT2D eigenvalue weighted by Gasteiger charge is 2.31. The van der Waals surface area contributed by atoms with Crippen LogP contribution in [0.2, 0.25) is 0 Å². The molecule has 0 amide bonds. The number of halogens is 1. The van der Waals surface area contributed by atoms with Crippen molar-refractivity contribution in [2.24, 2.45) is 0 Å². The van der Waals surface area contributed by atoms with Gasteiger partial charge in [-0.2, -0.15) is 9.97 Å². The lowest BCUT2D eigenvalue weighted by atomic mass is 10.2. The van der Waals surface area contributed by atoms with Crippen LogP contribution in [0.4, 0.5) is 38.9 Å². The van der Waals surface area contributed by atoms with Gasteiger partial charge in [0.25, 0.3) is 0 Å². The topological polar surface area (TPSA) is 109 Å². The zero-order valence-corrected chi connectivity index (χ0v) is 22.7. The Bertz CT molecular complexity index is 1610. The van der Waals surface area contributed by atoms with E-state index in [-0.39, 0.29) is 11.8 Å². The third-order valence-corrected chi connectivity index (χ3v) is 8.52. The summed E-state index contributed by atoms with van der Waals surface area (Å²) < 4.78 is 40.8. The summed E-state index contributed by atoms with van der Waals surface area (Å²) in [7, 11) is -1.97. The zero-order valence-electron chi connectivity index (χ0n) is 21.9. The Labute approximate surface area is 226 Å². The molecule has 1 aliphatic carbocycles. The highest BCUT2D eigenvalue weighted by Crippen LogP contribution is 2.33. The predicted octanol–water partition coefficient (Wildman–Crippen LogP) is 4.26. The Morgan fingerprint density at radius 3 is 2.51 bits per heavy atom. The Hall–Kier alpha value is -3.90. The maximum absolute atomic E-state index is 15.2. The molecule has 6 rings (SSSR count). The fourth-order valence-corrected chi connectivity index (χ4v) is 5.51. The first-order valence-corrected chi connectivity index (χ1v) is 14.8. The van der Waals surface area contributed by atoms with Gasteiger partial charge in [0.1, 0.15) is 17.3 Å². The summed E-state index contributed by atoms with van der Waals surface area (Å²) in [4.78, 5) is 16.9. The van der Waals surface area contributed by atoms with E-state index in [9.17, 15) is 8.42 Å². The smallest absolute Gasteiger partial charge is 0.232 e. The molecule has 1 saturated heterocycles. The molecule has 0 radical (unpaired) electrons. The van der Waals surface area contributed by atoms with Gasteiger partial charge in [-0.25, -0.2) is 12.8 Å². The average Bonchev–Trinajstić information content (AvgIpc) is 3.65. The molecule has 2 aromatic carbocycles. The number of hydrogen-bond donors (Lipinski definition) is 3. The molecule has 2 aromatic heterocycles. The van der Waals surface area contributed by atoms with E-state index >= 15 is 4.39 Å². The first-order valence-electron chi connectivity index (χ1n) is 13.0. The second-order valence-electron chi connectivity index (χ2n) is 10.1. The van der Waals surface area contributed by atoms with E-state index in [0.29, 0.717) is 34.2 Å². The van der Waals surface area contributed by atoms with Gasteiger partial charge in [-0.1, -0.05) is 12.1 Å². The molecular formula is C27H31FN8O2S. The van der Waals surface area contributed by atoms with Crippen LogP contribution >= 0.6 is 0 Å². The molecule has 0 unspecified atom stereocenters. The molecule has 0 atom stereocenters. The van der Waals surface area contributed by atoms with Crippen LogP contribution in [-0.4, -0.2) is 73.8 Å². The lowest BCUT2D eigenvalue weighted by Gasteiger charge is -2.36. The van der Waals surface area contributed by atoms with E-state index < -0.39 is 10.0 Å². The number of para-hydroxylation sites is 2. The minimum absolute atomic E-state index is 0.270. The van der Waals surface area contributed by atoms with Crippen LogP contribution in [0.5, 0.6) is 0 Å². The van der Waals surface area contributed by atoms with Gasteiger partial charge in [0.15, 0.2) is 0 Å². The van der Waals surface area contributed by atoms with Crippen molar-refractivity contribution in [3.63, 3.8) is 0 Å². The number of rotatable bonds is 8. The van der Waals surface area contributed by atoms with Crippen LogP contribution in [0.3, 0.4) is 0 Å². The van der Waals surface area contributed by atoms with Gasteiger partial charge in [0, 0.05) is 51.2 Å². The molecule has 12 heteroatoms. The number of aromatic amines is 1. The summed E-state index contributed by atoms with van der Waals surface area (Å²) in [5.74, 6) is 0.451. The quantitative estimate of drug-likeness (QED) is 0.299. The van der Waals surface area contributed by atoms with Crippen molar-refractivity contribution >= 4 is 55.6 Å². The van der Waals surface area contributed by atoms with Crippen molar-refractivity contribution in [1.29, 1.82) is 0 Å². The Balaban J connectivity index is 1.24. The molecule has 0 spiro atoms. The van der Waals surface area contributed by atoms with Crippen molar-refractivity contribution < 1.29 is 12.8 Å². The Morgan fingerprint density at radius 1 is 1.03 bits per heavy atom. The fraction of sp³-hybridized carbons (Fsp3) is 0.333. The van der Waals surface area contributed by atoms with Gasteiger partial charge in [-0.15, -0.1) is 0 Å². The third kappa shape index (κ3) is 5.34. The number of piperazine rings is 1. The van der Waals surface area contributed by atoms with Crippen LogP contribution in [-0.2, 0) is 10.0 Å². The molecule has 0 bridgehead atoms. The number of hydrogen-bond acceptors (Lipinski definition) is 8. The maximum Gasteiger partial charge on any atom is 0.232 e. The fourth-order valence-electron chi connectivity index (χ4n) is 4.99. The minimum Gasteiger partial charge on any atom is -0.367 e. The summed E-state index contributed by atoms with van der Waals surface area (Å²) in [6.45, 7) is 3.57. The van der Waals surface area contributed by atoms with E-state index in [1.807, 2.05) is 18.2 Å². The predicted molar refractivity (Wildman–Crippen MR) is 153 cm³/mol. The molecular weight excluding hydrogens is 519 g/mol. The van der Waals surface area contributed by atoms with E-state index in [1.165, 1.54) is 30.3 Å². The number of aromatic nitrogens is 3. The minimum atomic E-state index is -3.47. The van der Waals surface area contributed by atoms with Crippen molar-refractivity contribution in [1.82, 2.24) is 19.9 Å². The lowest BCUT2D eigenvalue weighted by Crippen LogP contribution is -2.47. The SMILES string of the molecule is CN(c1ccccc1Nc1nc(Nc2ccc(N3CCN(C4CC4)CC3)c(F)c2)nc2[nH]ccc12)S(C)(=O)=O. The molecule has 4 aromatic rings. The molecule has 3 heterocycles. The van der Waals surface area contributed by atoms with Crippen LogP contribution < -0.4 is 19.8 Å². The number of fused-ring (bicyclic) bond motifs is 1. The molecule has 39 heavy (non-hydrogen) atoms. The van der Waals surface area contributed by atoms with Crippen LogP contribution in [0.25, 0.3) is 11.0 Å². The third-order valence-electron chi connectivity index (χ3n) is 7.33. The number of anilines is 6. The maximum atomic E-state index is 15.2. The van der Waals surface area contributed by atoms with Crippen LogP contribution in [0, 0.1) is 5.82 Å². The molecule has 2 fully saturated rings. The number of nitrogens with zero attached hydrogens (tertiary/aromatic N) is 5. The summed E-state index contributed by atoms with van der Waals surface area (Å²) in [6, 6.07) is 14.7. The highest BCUT2D eigenvalue weighted by molar-refractivity contribution is 7.92. The van der Waals surface area contributed by atoms with E-state index in [1.54, 1.807) is 30.5 Å². The van der Waals surface area contributed by atoms with Crippen molar-refractivity contribution in [3.8, 4) is 0 Å². The Kier molecular flexibility index (Phi) is 6.51. The average molecular weight is 551 g/mol. The number of sulfonamides is 1. The van der Waals surface area contributed by atoms with Gasteiger partial charge < -0.3 is 20.5 Å². The van der Waals surface area contributed by atoms with Gasteiger partial charge in [-0.05, 0) is 49.2 Å². The number of H-pyrrole nitrogens is 1. The summed E-state index contributed by atoms with van der Waals surface area (Å²) >= 11 is 0. The molecule has 204 valence electrons. The first kappa shape index (κ1) is 25.4. The van der Waals surface area contributed by atoms with Crippen molar-refractivity contribution in [3.05, 3.63) is 60.5 Å². The van der Waals surface area contributed by atoms with Crippen molar-refractivity contribution in [2.75, 3.05) is 59.3 Å². The Morgan fingerprint density at radius 2 is 1.79 bits per heavy atom. The largest absolute Gasteiger partial charge is 0.367 e. The molecule has 1 aliphatic heterocycles. The zero-order chi connectivity index (χ0) is 27.1. The van der Waals surface area contributed by atoms with Gasteiger partial charge in [0.05, 0.1) is 28.7 Å². The van der Waals surface area contributed by atoms with Crippen molar-refractivity contribution in [2.45, 2.75) is 18.9 Å². The molecule has 1 saturated carbocycles. The first-order chi connectivity index (χ1) is 18.8. The number of nitrogens with one attached hydrogen (secondary N) is 3. The molecule has 10 nitrogen and oxygen atoms in total. The summed E-state index contributed by atoms with van der Waals surface area (Å²) in [6.07, 6.45) is 5.47. The highest BCUT2D eigenvalue weighted by atomic mass is 32.2. The summed E-state index contributed by atoms with van der Waals surface area (Å²) in [5, 5.41) is 7.10. The van der Waals surface area contributed by atoms with Gasteiger partial charge >= 0.3 is 0 Å².